The standard InChI is InChI=1S/C10H20N2S/c1-2-8-13-12(7-1)9-10-3-5-11-6-4-10/h10-11H,1-9H2/p+1. The highest BCUT2D eigenvalue weighted by molar-refractivity contribution is 7.76. The zero-order chi connectivity index (χ0) is 8.93. The van der Waals surface area contributed by atoms with E-state index in [0.717, 1.165) is 5.92 Å². The zero-order valence-electron chi connectivity index (χ0n) is 8.34. The van der Waals surface area contributed by atoms with E-state index in [1.165, 1.54) is 57.6 Å². The molecule has 2 saturated heterocycles. The summed E-state index contributed by atoms with van der Waals surface area (Å²) in [6, 6.07) is 0. The quantitative estimate of drug-likeness (QED) is 0.525. The van der Waals surface area contributed by atoms with Crippen molar-refractivity contribution in [2.75, 3.05) is 31.9 Å². The van der Waals surface area contributed by atoms with Gasteiger partial charge in [0.1, 0.15) is 5.75 Å². The average Bonchev–Trinajstić information content (AvgIpc) is 2.21. The van der Waals surface area contributed by atoms with E-state index in [9.17, 15) is 0 Å². The molecule has 2 rings (SSSR count). The lowest BCUT2D eigenvalue weighted by molar-refractivity contribution is 0.295. The van der Waals surface area contributed by atoms with Crippen LogP contribution >= 0.6 is 0 Å². The molecule has 0 bridgehead atoms. The van der Waals surface area contributed by atoms with Crippen LogP contribution in [0.15, 0.2) is 0 Å². The van der Waals surface area contributed by atoms with Gasteiger partial charge in [0.25, 0.3) is 0 Å². The molecule has 13 heavy (non-hydrogen) atoms. The highest BCUT2D eigenvalue weighted by Crippen LogP contribution is 2.16. The fraction of sp³-hybridized carbons (Fsp3) is 1.00. The van der Waals surface area contributed by atoms with E-state index in [1.807, 2.05) is 0 Å². The molecule has 1 N–H and O–H groups in total. The van der Waals surface area contributed by atoms with Gasteiger partial charge in [-0.1, -0.05) is 0 Å². The normalized spacial score (nSPS) is 27.7. The average molecular weight is 201 g/mol. The Bertz CT molecular complexity index is 124. The Morgan fingerprint density at radius 1 is 1.23 bits per heavy atom. The van der Waals surface area contributed by atoms with Crippen LogP contribution < -0.4 is 5.32 Å². The van der Waals surface area contributed by atoms with Crippen molar-refractivity contribution in [1.82, 2.24) is 9.62 Å². The first-order valence-electron chi connectivity index (χ1n) is 5.58. The SMILES string of the molecule is C1CCN(CC2CCNCC2)[SH+]C1. The summed E-state index contributed by atoms with van der Waals surface area (Å²) >= 11 is 1.60. The molecule has 3 heteroatoms. The largest absolute Gasteiger partial charge is 0.317 e. The topological polar surface area (TPSA) is 15.3 Å². The first kappa shape index (κ1) is 9.81. The zero-order valence-corrected chi connectivity index (χ0v) is 9.23. The van der Waals surface area contributed by atoms with Crippen LogP contribution in [0.1, 0.15) is 25.7 Å². The van der Waals surface area contributed by atoms with Crippen molar-refractivity contribution in [3.05, 3.63) is 0 Å². The van der Waals surface area contributed by atoms with E-state index >= 15 is 0 Å². The van der Waals surface area contributed by atoms with Crippen molar-refractivity contribution in [3.63, 3.8) is 0 Å². The van der Waals surface area contributed by atoms with Gasteiger partial charge in [0.05, 0.1) is 11.9 Å². The second-order valence-corrected chi connectivity index (χ2v) is 5.47. The van der Waals surface area contributed by atoms with Crippen LogP contribution in [0.5, 0.6) is 0 Å². The predicted molar refractivity (Wildman–Crippen MR) is 60.0 cm³/mol. The van der Waals surface area contributed by atoms with E-state index in [4.69, 9.17) is 0 Å². The molecule has 0 aromatic carbocycles. The van der Waals surface area contributed by atoms with Gasteiger partial charge in [0, 0.05) is 13.1 Å². The minimum atomic E-state index is 0.979. The maximum atomic E-state index is 3.43. The van der Waals surface area contributed by atoms with Crippen LogP contribution in [0.3, 0.4) is 0 Å². The minimum Gasteiger partial charge on any atom is -0.317 e. The molecule has 0 aliphatic carbocycles. The molecule has 76 valence electrons. The van der Waals surface area contributed by atoms with E-state index < -0.39 is 0 Å². The first-order valence-corrected chi connectivity index (χ1v) is 6.61. The van der Waals surface area contributed by atoms with Crippen LogP contribution in [-0.2, 0) is 11.9 Å². The van der Waals surface area contributed by atoms with Crippen LogP contribution in [0.2, 0.25) is 0 Å². The molecule has 0 unspecified atom stereocenters. The molecule has 0 aromatic heterocycles. The van der Waals surface area contributed by atoms with Crippen LogP contribution in [0.25, 0.3) is 0 Å². The van der Waals surface area contributed by atoms with Crippen molar-refractivity contribution < 1.29 is 0 Å². The number of hydrogen-bond acceptors (Lipinski definition) is 2. The lowest BCUT2D eigenvalue weighted by Gasteiger charge is -2.26. The molecule has 0 saturated carbocycles. The second-order valence-electron chi connectivity index (χ2n) is 4.18. The summed E-state index contributed by atoms with van der Waals surface area (Å²) in [7, 11) is 0. The molecule has 2 aliphatic rings. The number of rotatable bonds is 2. The minimum absolute atomic E-state index is 0.979. The molecule has 0 radical (unpaired) electrons. The third-order valence-electron chi connectivity index (χ3n) is 3.05. The summed E-state index contributed by atoms with van der Waals surface area (Å²) in [6.45, 7) is 5.21. The van der Waals surface area contributed by atoms with Gasteiger partial charge in [-0.2, -0.15) is 0 Å². The highest BCUT2D eigenvalue weighted by atomic mass is 32.2. The number of nitrogens with zero attached hydrogens (tertiary/aromatic N) is 1. The third-order valence-corrected chi connectivity index (χ3v) is 4.33. The van der Waals surface area contributed by atoms with Crippen LogP contribution in [0.4, 0.5) is 0 Å². The van der Waals surface area contributed by atoms with Gasteiger partial charge < -0.3 is 5.32 Å². The first-order chi connectivity index (χ1) is 6.45. The molecule has 2 aliphatic heterocycles. The van der Waals surface area contributed by atoms with E-state index in [1.54, 1.807) is 11.9 Å². The summed E-state index contributed by atoms with van der Waals surface area (Å²) in [5.41, 5.74) is 0. The molecule has 2 fully saturated rings. The smallest absolute Gasteiger partial charge is 0.125 e. The fourth-order valence-corrected chi connectivity index (χ4v) is 3.48. The fourth-order valence-electron chi connectivity index (χ4n) is 2.20. The van der Waals surface area contributed by atoms with Gasteiger partial charge in [-0.25, -0.2) is 0 Å². The molecule has 2 nitrogen and oxygen atoms in total. The van der Waals surface area contributed by atoms with Crippen molar-refractivity contribution in [2.24, 2.45) is 5.92 Å². The van der Waals surface area contributed by atoms with Crippen molar-refractivity contribution in [2.45, 2.75) is 25.7 Å². The van der Waals surface area contributed by atoms with E-state index in [-0.39, 0.29) is 0 Å². The summed E-state index contributed by atoms with van der Waals surface area (Å²) in [5.74, 6) is 2.39. The lowest BCUT2D eigenvalue weighted by atomic mass is 9.98. The predicted octanol–water partition coefficient (Wildman–Crippen LogP) is 0.812. The van der Waals surface area contributed by atoms with Crippen molar-refractivity contribution in [1.29, 1.82) is 0 Å². The molecular weight excluding hydrogens is 180 g/mol. The Morgan fingerprint density at radius 3 is 2.77 bits per heavy atom. The number of hydrogen-bond donors (Lipinski definition) is 1. The van der Waals surface area contributed by atoms with Gasteiger partial charge in [0.2, 0.25) is 0 Å². The van der Waals surface area contributed by atoms with Crippen LogP contribution in [0, 0.1) is 5.92 Å². The summed E-state index contributed by atoms with van der Waals surface area (Å²) in [6.07, 6.45) is 5.67. The van der Waals surface area contributed by atoms with E-state index in [2.05, 4.69) is 9.62 Å². The maximum absolute atomic E-state index is 3.43. The molecule has 0 aromatic rings. The number of nitrogens with one attached hydrogen (secondary N) is 1. The highest BCUT2D eigenvalue weighted by Gasteiger charge is 2.23. The number of thiol groups is 1. The van der Waals surface area contributed by atoms with Gasteiger partial charge >= 0.3 is 0 Å². The lowest BCUT2D eigenvalue weighted by Crippen LogP contribution is -2.38. The van der Waals surface area contributed by atoms with Crippen molar-refractivity contribution in [3.8, 4) is 0 Å². The maximum Gasteiger partial charge on any atom is 0.125 e. The number of piperidine rings is 1. The monoisotopic (exact) mass is 201 g/mol. The Balaban J connectivity index is 1.69. The Kier molecular flexibility index (Phi) is 3.94. The van der Waals surface area contributed by atoms with Gasteiger partial charge in [-0.15, -0.1) is 4.31 Å². The summed E-state index contributed by atoms with van der Waals surface area (Å²) in [4.78, 5) is 0. The molecule has 2 heterocycles. The van der Waals surface area contributed by atoms with Gasteiger partial charge in [-0.3, -0.25) is 0 Å². The molecule has 0 spiro atoms. The summed E-state index contributed by atoms with van der Waals surface area (Å²) < 4.78 is 2.65. The Morgan fingerprint density at radius 2 is 2.08 bits per heavy atom. The summed E-state index contributed by atoms with van der Waals surface area (Å²) in [5, 5.41) is 3.43. The molecule has 0 atom stereocenters. The van der Waals surface area contributed by atoms with E-state index in [0.29, 0.717) is 0 Å². The molecule has 0 amide bonds. The van der Waals surface area contributed by atoms with Crippen LogP contribution in [-0.4, -0.2) is 36.2 Å². The molecular formula is C10H21N2S+. The Hall–Kier alpha value is 0.270. The van der Waals surface area contributed by atoms with Gasteiger partial charge in [-0.05, 0) is 44.7 Å². The second kappa shape index (κ2) is 5.23. The van der Waals surface area contributed by atoms with Crippen molar-refractivity contribution >= 4 is 11.9 Å². The Labute approximate surface area is 85.6 Å². The van der Waals surface area contributed by atoms with Gasteiger partial charge in [0.15, 0.2) is 0 Å². The third kappa shape index (κ3) is 3.15.